The summed E-state index contributed by atoms with van der Waals surface area (Å²) in [6.07, 6.45) is -1.08. The normalized spacial score (nSPS) is 13.0. The largest absolute Gasteiger partial charge is 0.481 e. The minimum absolute atomic E-state index is 0.0281. The van der Waals surface area contributed by atoms with Crippen LogP contribution in [-0.2, 0) is 30.5 Å². The highest BCUT2D eigenvalue weighted by Gasteiger charge is 2.26. The zero-order valence-electron chi connectivity index (χ0n) is 16.3. The smallest absolute Gasteiger partial charge is 0.444 e. The molecule has 0 saturated carbocycles. The molecule has 152 valence electrons. The van der Waals surface area contributed by atoms with Gasteiger partial charge in [-0.1, -0.05) is 0 Å². The van der Waals surface area contributed by atoms with E-state index in [1.165, 1.54) is 0 Å². The summed E-state index contributed by atoms with van der Waals surface area (Å²) in [5, 5.41) is 13.6. The molecule has 10 heteroatoms. The van der Waals surface area contributed by atoms with E-state index >= 15 is 0 Å². The Bertz CT molecular complexity index is 674. The van der Waals surface area contributed by atoms with Gasteiger partial charge in [0, 0.05) is 11.8 Å². The lowest BCUT2D eigenvalue weighted by molar-refractivity contribution is -0.297. The number of carboxylic acids is 1. The Morgan fingerprint density at radius 2 is 1.81 bits per heavy atom. The van der Waals surface area contributed by atoms with Crippen LogP contribution < -0.4 is 5.32 Å². The van der Waals surface area contributed by atoms with Crippen molar-refractivity contribution in [3.05, 3.63) is 11.1 Å². The molecule has 1 aromatic rings. The predicted octanol–water partition coefficient (Wildman–Crippen LogP) is 3.40. The molecule has 0 spiro atoms. The monoisotopic (exact) mass is 402 g/mol. The van der Waals surface area contributed by atoms with Gasteiger partial charge in [-0.2, -0.15) is 4.89 Å². The van der Waals surface area contributed by atoms with E-state index in [-0.39, 0.29) is 18.0 Å². The summed E-state index contributed by atoms with van der Waals surface area (Å²) in [5.41, 5.74) is -0.905. The van der Waals surface area contributed by atoms with Gasteiger partial charge in [-0.05, 0) is 41.5 Å². The van der Waals surface area contributed by atoms with E-state index in [1.54, 1.807) is 46.9 Å². The molecule has 0 aliphatic carbocycles. The fourth-order valence-electron chi connectivity index (χ4n) is 1.81. The van der Waals surface area contributed by atoms with Crippen LogP contribution in [0, 0.1) is 5.92 Å². The van der Waals surface area contributed by atoms with Gasteiger partial charge in [-0.15, -0.1) is 11.3 Å². The number of ether oxygens (including phenoxy) is 1. The maximum Gasteiger partial charge on any atom is 0.444 e. The number of nitrogens with zero attached hydrogens (tertiary/aromatic N) is 1. The van der Waals surface area contributed by atoms with Gasteiger partial charge in [0.05, 0.1) is 18.0 Å². The van der Waals surface area contributed by atoms with Crippen LogP contribution in [0.25, 0.3) is 0 Å². The number of carbonyl (C=O) groups is 3. The molecule has 0 saturated heterocycles. The maximum atomic E-state index is 11.9. The average Bonchev–Trinajstić information content (AvgIpc) is 2.88. The highest BCUT2D eigenvalue weighted by molar-refractivity contribution is 7.13. The highest BCUT2D eigenvalue weighted by Crippen LogP contribution is 2.21. The number of amides is 1. The fourth-order valence-corrected chi connectivity index (χ4v) is 2.52. The standard InChI is InChI=1S/C17H26N2O7S/c1-16(2,3)24-12(20)8-10(13(21)22)7-11-9-27-14(18-11)19-15(23)25-26-17(4,5)6/h9-10H,7-8H2,1-6H3,(H,21,22)(H,18,19,23)/t10-/m1/s1. The Morgan fingerprint density at radius 1 is 1.19 bits per heavy atom. The van der Waals surface area contributed by atoms with Crippen LogP contribution in [0.5, 0.6) is 0 Å². The summed E-state index contributed by atoms with van der Waals surface area (Å²) in [7, 11) is 0. The number of esters is 1. The van der Waals surface area contributed by atoms with E-state index in [0.29, 0.717) is 5.69 Å². The zero-order chi connectivity index (χ0) is 20.8. The Hall–Kier alpha value is -2.20. The molecule has 0 aliphatic heterocycles. The van der Waals surface area contributed by atoms with Crippen LogP contribution in [0.15, 0.2) is 5.38 Å². The van der Waals surface area contributed by atoms with Gasteiger partial charge in [-0.3, -0.25) is 19.8 Å². The molecular formula is C17H26N2O7S. The molecule has 9 nitrogen and oxygen atoms in total. The number of carboxylic acid groups (broad SMARTS) is 1. The first-order valence-electron chi connectivity index (χ1n) is 8.31. The van der Waals surface area contributed by atoms with Gasteiger partial charge in [0.25, 0.3) is 0 Å². The molecule has 1 amide bonds. The van der Waals surface area contributed by atoms with Crippen LogP contribution in [-0.4, -0.2) is 39.3 Å². The Morgan fingerprint density at radius 3 is 2.33 bits per heavy atom. The molecule has 0 bridgehead atoms. The van der Waals surface area contributed by atoms with Crippen molar-refractivity contribution < 1.29 is 34.0 Å². The van der Waals surface area contributed by atoms with E-state index < -0.39 is 35.2 Å². The average molecular weight is 402 g/mol. The van der Waals surface area contributed by atoms with Gasteiger partial charge < -0.3 is 9.84 Å². The van der Waals surface area contributed by atoms with Crippen molar-refractivity contribution in [2.24, 2.45) is 5.92 Å². The van der Waals surface area contributed by atoms with Crippen molar-refractivity contribution in [3.63, 3.8) is 0 Å². The number of aliphatic carboxylic acids is 1. The third kappa shape index (κ3) is 9.90. The third-order valence-electron chi connectivity index (χ3n) is 2.77. The highest BCUT2D eigenvalue weighted by atomic mass is 32.1. The number of hydrogen-bond acceptors (Lipinski definition) is 8. The summed E-state index contributed by atoms with van der Waals surface area (Å²) in [6.45, 7) is 10.3. The Balaban J connectivity index is 2.63. The van der Waals surface area contributed by atoms with Crippen molar-refractivity contribution in [3.8, 4) is 0 Å². The summed E-state index contributed by atoms with van der Waals surface area (Å²) < 4.78 is 5.16. The molecule has 0 unspecified atom stereocenters. The van der Waals surface area contributed by atoms with E-state index in [9.17, 15) is 19.5 Å². The second kappa shape index (κ2) is 9.14. The van der Waals surface area contributed by atoms with Gasteiger partial charge in [0.2, 0.25) is 0 Å². The number of nitrogens with one attached hydrogen (secondary N) is 1. The SMILES string of the molecule is CC(C)(C)OOC(=O)Nc1nc(C[C@H](CC(=O)OC(C)(C)C)C(=O)O)cs1. The first-order valence-corrected chi connectivity index (χ1v) is 9.19. The molecular weight excluding hydrogens is 376 g/mol. The van der Waals surface area contributed by atoms with Crippen molar-refractivity contribution in [2.75, 3.05) is 5.32 Å². The second-order valence-electron chi connectivity index (χ2n) is 7.87. The van der Waals surface area contributed by atoms with E-state index in [1.807, 2.05) is 0 Å². The first kappa shape index (κ1) is 22.8. The quantitative estimate of drug-likeness (QED) is 0.404. The zero-order valence-corrected chi connectivity index (χ0v) is 17.1. The van der Waals surface area contributed by atoms with E-state index in [2.05, 4.69) is 15.2 Å². The molecule has 0 aliphatic rings. The third-order valence-corrected chi connectivity index (χ3v) is 3.57. The lowest BCUT2D eigenvalue weighted by Crippen LogP contribution is -2.28. The van der Waals surface area contributed by atoms with Gasteiger partial charge in [0.1, 0.15) is 11.2 Å². The van der Waals surface area contributed by atoms with Crippen LogP contribution in [0.4, 0.5) is 9.93 Å². The lowest BCUT2D eigenvalue weighted by Gasteiger charge is -2.20. The Kier molecular flexibility index (Phi) is 7.73. The van der Waals surface area contributed by atoms with Gasteiger partial charge in [0.15, 0.2) is 5.13 Å². The number of anilines is 1. The number of hydrogen-bond donors (Lipinski definition) is 2. The number of rotatable bonds is 7. The molecule has 27 heavy (non-hydrogen) atoms. The lowest BCUT2D eigenvalue weighted by atomic mass is 10.00. The van der Waals surface area contributed by atoms with Crippen molar-refractivity contribution in [1.29, 1.82) is 0 Å². The van der Waals surface area contributed by atoms with Gasteiger partial charge >= 0.3 is 18.0 Å². The molecule has 0 radical (unpaired) electrons. The number of aromatic nitrogens is 1. The maximum absolute atomic E-state index is 11.9. The molecule has 1 atom stereocenters. The molecule has 1 heterocycles. The Labute approximate surface area is 161 Å². The number of thiazole rings is 1. The van der Waals surface area contributed by atoms with E-state index in [0.717, 1.165) is 11.3 Å². The second-order valence-corrected chi connectivity index (χ2v) is 8.72. The molecule has 1 rings (SSSR count). The molecule has 1 aromatic heterocycles. The van der Waals surface area contributed by atoms with Crippen LogP contribution in [0.1, 0.15) is 53.7 Å². The van der Waals surface area contributed by atoms with Crippen molar-refractivity contribution in [2.45, 2.75) is 65.6 Å². The van der Waals surface area contributed by atoms with Crippen molar-refractivity contribution in [1.82, 2.24) is 4.98 Å². The molecule has 0 aromatic carbocycles. The van der Waals surface area contributed by atoms with Crippen LogP contribution in [0.3, 0.4) is 0 Å². The minimum Gasteiger partial charge on any atom is -0.481 e. The minimum atomic E-state index is -1.12. The number of carbonyl (C=O) groups excluding carboxylic acids is 2. The summed E-state index contributed by atoms with van der Waals surface area (Å²) in [6, 6.07) is 0. The van der Waals surface area contributed by atoms with Crippen molar-refractivity contribution >= 4 is 34.5 Å². The summed E-state index contributed by atoms with van der Waals surface area (Å²) >= 11 is 1.11. The van der Waals surface area contributed by atoms with E-state index in [4.69, 9.17) is 9.62 Å². The van der Waals surface area contributed by atoms with Gasteiger partial charge in [-0.25, -0.2) is 9.78 Å². The fraction of sp³-hybridized carbons (Fsp3) is 0.647. The summed E-state index contributed by atoms with van der Waals surface area (Å²) in [5.74, 6) is -2.70. The molecule has 2 N–H and O–H groups in total. The van der Waals surface area contributed by atoms with Crippen LogP contribution in [0.2, 0.25) is 0 Å². The van der Waals surface area contributed by atoms with Crippen LogP contribution >= 0.6 is 11.3 Å². The predicted molar refractivity (Wildman–Crippen MR) is 98.3 cm³/mol. The first-order chi connectivity index (χ1) is 12.2. The molecule has 0 fully saturated rings. The summed E-state index contributed by atoms with van der Waals surface area (Å²) in [4.78, 5) is 48.6. The topological polar surface area (TPSA) is 124 Å².